The molecule has 0 aliphatic carbocycles. The van der Waals surface area contributed by atoms with Crippen molar-refractivity contribution in [3.05, 3.63) is 34.9 Å². The van der Waals surface area contributed by atoms with E-state index in [0.717, 1.165) is 49.9 Å². The zero-order valence-electron chi connectivity index (χ0n) is 12.0. The summed E-state index contributed by atoms with van der Waals surface area (Å²) >= 11 is 0. The molecule has 2 aliphatic heterocycles. The Bertz CT molecular complexity index is 565. The van der Waals surface area contributed by atoms with E-state index in [9.17, 15) is 9.59 Å². The lowest BCUT2D eigenvalue weighted by atomic mass is 9.96. The summed E-state index contributed by atoms with van der Waals surface area (Å²) in [4.78, 5) is 25.4. The van der Waals surface area contributed by atoms with E-state index in [1.165, 1.54) is 0 Å². The molecular weight excluding hydrogens is 268 g/mol. The minimum atomic E-state index is -0.921. The van der Waals surface area contributed by atoms with Crippen LogP contribution in [0.2, 0.25) is 0 Å². The highest BCUT2D eigenvalue weighted by molar-refractivity contribution is 5.88. The van der Waals surface area contributed by atoms with Crippen molar-refractivity contribution in [2.24, 2.45) is 0 Å². The molecule has 2 aliphatic rings. The average Bonchev–Trinajstić information content (AvgIpc) is 2.54. The number of carboxylic acid groups (broad SMARTS) is 1. The highest BCUT2D eigenvalue weighted by atomic mass is 16.4. The van der Waals surface area contributed by atoms with E-state index >= 15 is 0 Å². The number of piperidine rings is 1. The Kier molecular flexibility index (Phi) is 3.92. The van der Waals surface area contributed by atoms with E-state index in [1.54, 1.807) is 12.1 Å². The van der Waals surface area contributed by atoms with E-state index in [2.05, 4.69) is 5.32 Å². The van der Waals surface area contributed by atoms with Crippen LogP contribution in [0, 0.1) is 0 Å². The third-order valence-corrected chi connectivity index (χ3v) is 4.39. The smallest absolute Gasteiger partial charge is 0.335 e. The SMILES string of the molecule is O=C(O)c1ccc2c(c1)CN(C(=O)[C@@H]1CCCCN1)CC2. The maximum atomic E-state index is 12.5. The quantitative estimate of drug-likeness (QED) is 0.863. The number of aromatic carboxylic acids is 1. The molecule has 1 fully saturated rings. The predicted molar refractivity (Wildman–Crippen MR) is 78.2 cm³/mol. The molecule has 0 unspecified atom stereocenters. The maximum absolute atomic E-state index is 12.5. The maximum Gasteiger partial charge on any atom is 0.335 e. The Labute approximate surface area is 123 Å². The number of carbonyl (C=O) groups excluding carboxylic acids is 1. The number of hydrogen-bond donors (Lipinski definition) is 2. The van der Waals surface area contributed by atoms with Gasteiger partial charge in [0.25, 0.3) is 0 Å². The van der Waals surface area contributed by atoms with Crippen LogP contribution in [0.3, 0.4) is 0 Å². The fraction of sp³-hybridized carbons (Fsp3) is 0.500. The molecule has 0 spiro atoms. The second-order valence-electron chi connectivity index (χ2n) is 5.80. The van der Waals surface area contributed by atoms with Gasteiger partial charge in [0, 0.05) is 13.1 Å². The Hall–Kier alpha value is -1.88. The first-order chi connectivity index (χ1) is 10.1. The van der Waals surface area contributed by atoms with E-state index in [4.69, 9.17) is 5.11 Å². The second-order valence-corrected chi connectivity index (χ2v) is 5.80. The summed E-state index contributed by atoms with van der Waals surface area (Å²) in [5, 5.41) is 12.4. The Morgan fingerprint density at radius 2 is 2.10 bits per heavy atom. The van der Waals surface area contributed by atoms with Gasteiger partial charge in [0.2, 0.25) is 5.91 Å². The van der Waals surface area contributed by atoms with E-state index in [1.807, 2.05) is 11.0 Å². The molecule has 0 aromatic heterocycles. The molecule has 0 radical (unpaired) electrons. The number of carbonyl (C=O) groups is 2. The summed E-state index contributed by atoms with van der Waals surface area (Å²) in [5.74, 6) is -0.767. The molecule has 21 heavy (non-hydrogen) atoms. The summed E-state index contributed by atoms with van der Waals surface area (Å²) in [6.07, 6.45) is 3.93. The normalized spacial score (nSPS) is 21.7. The summed E-state index contributed by atoms with van der Waals surface area (Å²) in [6, 6.07) is 5.15. The van der Waals surface area contributed by atoms with Crippen molar-refractivity contribution in [3.8, 4) is 0 Å². The topological polar surface area (TPSA) is 69.6 Å². The van der Waals surface area contributed by atoms with Crippen LogP contribution in [0.5, 0.6) is 0 Å². The molecule has 5 nitrogen and oxygen atoms in total. The molecule has 5 heteroatoms. The number of benzene rings is 1. The predicted octanol–water partition coefficient (Wildman–Crippen LogP) is 1.41. The molecule has 1 saturated heterocycles. The van der Waals surface area contributed by atoms with Crippen molar-refractivity contribution >= 4 is 11.9 Å². The summed E-state index contributed by atoms with van der Waals surface area (Å²) in [5.41, 5.74) is 2.41. The summed E-state index contributed by atoms with van der Waals surface area (Å²) in [7, 11) is 0. The number of fused-ring (bicyclic) bond motifs is 1. The van der Waals surface area contributed by atoms with Crippen LogP contribution in [-0.2, 0) is 17.8 Å². The molecular formula is C16H20N2O3. The van der Waals surface area contributed by atoms with Crippen molar-refractivity contribution < 1.29 is 14.7 Å². The van der Waals surface area contributed by atoms with Crippen LogP contribution in [-0.4, -0.2) is 41.0 Å². The molecule has 1 aromatic carbocycles. The average molecular weight is 288 g/mol. The Balaban J connectivity index is 1.75. The zero-order valence-corrected chi connectivity index (χ0v) is 12.0. The van der Waals surface area contributed by atoms with Crippen LogP contribution in [0.25, 0.3) is 0 Å². The van der Waals surface area contributed by atoms with Gasteiger partial charge in [-0.1, -0.05) is 12.5 Å². The molecule has 1 amide bonds. The molecule has 0 bridgehead atoms. The number of rotatable bonds is 2. The second kappa shape index (κ2) is 5.85. The van der Waals surface area contributed by atoms with Crippen LogP contribution in [0.4, 0.5) is 0 Å². The zero-order chi connectivity index (χ0) is 14.8. The van der Waals surface area contributed by atoms with Gasteiger partial charge < -0.3 is 15.3 Å². The number of carboxylic acids is 1. The van der Waals surface area contributed by atoms with E-state index in [-0.39, 0.29) is 11.9 Å². The first-order valence-electron chi connectivity index (χ1n) is 7.52. The highest BCUT2D eigenvalue weighted by Gasteiger charge is 2.28. The third kappa shape index (κ3) is 2.93. The van der Waals surface area contributed by atoms with Gasteiger partial charge in [-0.15, -0.1) is 0 Å². The van der Waals surface area contributed by atoms with Crippen molar-refractivity contribution in [1.82, 2.24) is 10.2 Å². The van der Waals surface area contributed by atoms with Gasteiger partial charge in [0.15, 0.2) is 0 Å². The molecule has 2 heterocycles. The van der Waals surface area contributed by atoms with Gasteiger partial charge in [-0.05, 0) is 49.1 Å². The molecule has 1 aromatic rings. The molecule has 112 valence electrons. The van der Waals surface area contributed by atoms with Crippen molar-refractivity contribution in [2.45, 2.75) is 38.3 Å². The van der Waals surface area contributed by atoms with Crippen LogP contribution in [0.15, 0.2) is 18.2 Å². The Morgan fingerprint density at radius 1 is 1.24 bits per heavy atom. The summed E-state index contributed by atoms with van der Waals surface area (Å²) in [6.45, 7) is 2.15. The van der Waals surface area contributed by atoms with E-state index < -0.39 is 5.97 Å². The molecule has 0 saturated carbocycles. The minimum absolute atomic E-state index is 0.0667. The largest absolute Gasteiger partial charge is 0.478 e. The lowest BCUT2D eigenvalue weighted by molar-refractivity contribution is -0.135. The number of nitrogens with one attached hydrogen (secondary N) is 1. The summed E-state index contributed by atoms with van der Waals surface area (Å²) < 4.78 is 0. The van der Waals surface area contributed by atoms with Crippen molar-refractivity contribution in [2.75, 3.05) is 13.1 Å². The Morgan fingerprint density at radius 3 is 2.81 bits per heavy atom. The number of nitrogens with zero attached hydrogens (tertiary/aromatic N) is 1. The minimum Gasteiger partial charge on any atom is -0.478 e. The fourth-order valence-corrected chi connectivity index (χ4v) is 3.16. The molecule has 1 atom stereocenters. The lowest BCUT2D eigenvalue weighted by Gasteiger charge is -2.33. The third-order valence-electron chi connectivity index (χ3n) is 4.39. The van der Waals surface area contributed by atoms with Crippen molar-refractivity contribution in [1.29, 1.82) is 0 Å². The van der Waals surface area contributed by atoms with Crippen LogP contribution < -0.4 is 5.32 Å². The molecule has 2 N–H and O–H groups in total. The number of hydrogen-bond acceptors (Lipinski definition) is 3. The van der Waals surface area contributed by atoms with Gasteiger partial charge >= 0.3 is 5.97 Å². The first kappa shape index (κ1) is 14.1. The fourth-order valence-electron chi connectivity index (χ4n) is 3.16. The van der Waals surface area contributed by atoms with Crippen LogP contribution in [0.1, 0.15) is 40.7 Å². The van der Waals surface area contributed by atoms with Gasteiger partial charge in [-0.25, -0.2) is 4.79 Å². The van der Waals surface area contributed by atoms with Crippen LogP contribution >= 0.6 is 0 Å². The highest BCUT2D eigenvalue weighted by Crippen LogP contribution is 2.22. The van der Waals surface area contributed by atoms with E-state index in [0.29, 0.717) is 12.1 Å². The lowest BCUT2D eigenvalue weighted by Crippen LogP contribution is -2.49. The monoisotopic (exact) mass is 288 g/mol. The van der Waals surface area contributed by atoms with Gasteiger partial charge in [0.1, 0.15) is 0 Å². The molecule has 3 rings (SSSR count). The standard InChI is InChI=1S/C16H20N2O3/c19-15(14-3-1-2-7-17-14)18-8-6-11-4-5-12(16(20)21)9-13(11)10-18/h4-5,9,14,17H,1-3,6-8,10H2,(H,20,21)/t14-/m0/s1. The first-order valence-corrected chi connectivity index (χ1v) is 7.52. The van der Waals surface area contributed by atoms with Gasteiger partial charge in [-0.2, -0.15) is 0 Å². The van der Waals surface area contributed by atoms with Gasteiger partial charge in [-0.3, -0.25) is 4.79 Å². The number of amides is 1. The van der Waals surface area contributed by atoms with Crippen molar-refractivity contribution in [3.63, 3.8) is 0 Å². The van der Waals surface area contributed by atoms with Gasteiger partial charge in [0.05, 0.1) is 11.6 Å².